The van der Waals surface area contributed by atoms with Gasteiger partial charge >= 0.3 is 0 Å². The minimum Gasteiger partial charge on any atom is -0.493 e. The Morgan fingerprint density at radius 2 is 0.436 bits per heavy atom. The molecule has 0 bridgehead atoms. The average molecular weight is 1090 g/mol. The van der Waals surface area contributed by atoms with Crippen LogP contribution in [0.5, 0.6) is 23.0 Å². The van der Waals surface area contributed by atoms with E-state index in [1.165, 1.54) is 78.0 Å². The van der Waals surface area contributed by atoms with Crippen LogP contribution >= 0.6 is 0 Å². The number of nitrogens with zero attached hydrogens (tertiary/aromatic N) is 8. The van der Waals surface area contributed by atoms with E-state index in [0.717, 1.165) is 133 Å². The summed E-state index contributed by atoms with van der Waals surface area (Å²) in [5, 5.41) is 0. The van der Waals surface area contributed by atoms with Gasteiger partial charge in [-0.15, -0.1) is 0 Å². The van der Waals surface area contributed by atoms with Crippen molar-refractivity contribution < 1.29 is 54.8 Å². The van der Waals surface area contributed by atoms with E-state index in [1.54, 1.807) is 0 Å². The van der Waals surface area contributed by atoms with Crippen molar-refractivity contribution in [2.45, 2.75) is 51.4 Å². The van der Waals surface area contributed by atoms with E-state index >= 15 is 0 Å². The molecule has 78 heavy (non-hydrogen) atoms. The molecule has 0 fully saturated rings. The molecule has 0 saturated carbocycles. The molecule has 0 N–H and O–H groups in total. The van der Waals surface area contributed by atoms with Crippen LogP contribution in [0.4, 0.5) is 0 Å². The molecule has 3 aromatic rings. The Morgan fingerprint density at radius 1 is 0.244 bits per heavy atom. The molecule has 0 radical (unpaired) electrons. The Labute approximate surface area is 480 Å². The third-order valence-corrected chi connectivity index (χ3v) is 14.8. The monoisotopic (exact) mass is 1090 g/mol. The number of benzene rings is 3. The fourth-order valence-electron chi connectivity index (χ4n) is 9.89. The molecule has 12 heteroatoms. The number of hydrogen-bond acceptors (Lipinski definition) is 4. The van der Waals surface area contributed by atoms with Gasteiger partial charge in [0.15, 0.2) is 0 Å². The maximum absolute atomic E-state index is 6.48. The molecule has 442 valence electrons. The van der Waals surface area contributed by atoms with Crippen molar-refractivity contribution in [3.05, 3.63) is 82.9 Å². The molecule has 0 aliphatic heterocycles. The van der Waals surface area contributed by atoms with Crippen molar-refractivity contribution in [3.63, 3.8) is 0 Å². The lowest BCUT2D eigenvalue weighted by Gasteiger charge is -2.32. The lowest BCUT2D eigenvalue weighted by atomic mass is 10.1. The molecule has 3 rings (SSSR count). The van der Waals surface area contributed by atoms with Crippen LogP contribution in [-0.4, -0.2) is 282 Å². The van der Waals surface area contributed by atoms with Crippen molar-refractivity contribution >= 4 is 24.3 Å². The van der Waals surface area contributed by atoms with Gasteiger partial charge in [0.05, 0.1) is 246 Å². The Morgan fingerprint density at radius 3 is 0.641 bits per heavy atom. The van der Waals surface area contributed by atoms with E-state index in [0.29, 0.717) is 26.4 Å². The molecule has 0 unspecified atom stereocenters. The van der Waals surface area contributed by atoms with Gasteiger partial charge < -0.3 is 54.8 Å². The molecule has 0 aliphatic carbocycles. The maximum Gasteiger partial charge on any atom is 0.123 e. The maximum atomic E-state index is 6.48. The molecule has 3 aromatic carbocycles. The van der Waals surface area contributed by atoms with Gasteiger partial charge in [0, 0.05) is 63.5 Å². The minimum absolute atomic E-state index is 0.675. The first-order chi connectivity index (χ1) is 36.0. The number of quaternary nitrogens is 8. The molecule has 0 aromatic heterocycles. The summed E-state index contributed by atoms with van der Waals surface area (Å²) >= 11 is 0. The highest BCUT2D eigenvalue weighted by Gasteiger charge is 2.21. The van der Waals surface area contributed by atoms with E-state index in [-0.39, 0.29) is 0 Å². The van der Waals surface area contributed by atoms with Crippen LogP contribution in [0, 0.1) is 0 Å². The first kappa shape index (κ1) is 68.3. The Balaban J connectivity index is 1.74. The first-order valence-corrected chi connectivity index (χ1v) is 29.8. The summed E-state index contributed by atoms with van der Waals surface area (Å²) in [7, 11) is 46.0. The summed E-state index contributed by atoms with van der Waals surface area (Å²) in [6, 6.07) is 21.5. The molecule has 0 heterocycles. The largest absolute Gasteiger partial charge is 0.493 e. The fourth-order valence-corrected chi connectivity index (χ4v) is 9.89. The molecule has 0 aliphatic rings. The number of ether oxygens (including phenoxy) is 4. The van der Waals surface area contributed by atoms with Gasteiger partial charge in [-0.3, -0.25) is 0 Å². The lowest BCUT2D eigenvalue weighted by molar-refractivity contribution is -0.902. The fraction of sp³-hybridized carbons (Fsp3) is 0.667. The van der Waals surface area contributed by atoms with Crippen LogP contribution in [0.2, 0.25) is 0 Å². The summed E-state index contributed by atoms with van der Waals surface area (Å²) in [4.78, 5) is 0. The predicted molar refractivity (Wildman–Crippen MR) is 335 cm³/mol. The molecule has 0 atom stereocenters. The van der Waals surface area contributed by atoms with Crippen LogP contribution in [-0.2, 0) is 0 Å². The third-order valence-electron chi connectivity index (χ3n) is 14.8. The molecular formula is C66H122N8O4+8. The van der Waals surface area contributed by atoms with Crippen molar-refractivity contribution in [2.75, 3.05) is 246 Å². The summed E-state index contributed by atoms with van der Waals surface area (Å²) < 4.78 is 33.9. The highest BCUT2D eigenvalue weighted by molar-refractivity contribution is 5.74. The second kappa shape index (κ2) is 31.3. The zero-order valence-electron chi connectivity index (χ0n) is 54.3. The Kier molecular flexibility index (Phi) is 27.4. The van der Waals surface area contributed by atoms with Gasteiger partial charge in [0.1, 0.15) is 23.0 Å². The highest BCUT2D eigenvalue weighted by Crippen LogP contribution is 2.27. The summed E-state index contributed by atoms with van der Waals surface area (Å²) in [6.07, 6.45) is 17.6. The molecule has 12 nitrogen and oxygen atoms in total. The second-order valence-corrected chi connectivity index (χ2v) is 29.6. The van der Waals surface area contributed by atoms with Crippen LogP contribution in [0.25, 0.3) is 24.3 Å². The first-order valence-electron chi connectivity index (χ1n) is 29.8. The second-order valence-electron chi connectivity index (χ2n) is 29.6. The quantitative estimate of drug-likeness (QED) is 0.0323. The summed E-state index contributed by atoms with van der Waals surface area (Å²) in [5.74, 6) is 3.43. The standard InChI is InChI=1S/C66H122N8O4/c1-67(2,3)37-21-41-71(13,14)45-25-49-75-63-53-61(54-64(57-63)76-50-26-46-72(15,16)42-22-38-68(4,5)6)35-33-59-29-31-60(32-30-59)34-36-62-55-65(77-51-27-47-73(17,18)43-23-39-69(7,8)9)58-66(56-62)78-52-28-48-74(19,20)44-24-40-70(10,11)12/h29-36,53-58H,21-28,37-52H2,1-20H3/q+8/b35-33+,36-34+. The van der Waals surface area contributed by atoms with Gasteiger partial charge in [0.2, 0.25) is 0 Å². The van der Waals surface area contributed by atoms with E-state index < -0.39 is 0 Å². The van der Waals surface area contributed by atoms with Gasteiger partial charge in [-0.2, -0.15) is 0 Å². The summed E-state index contributed by atoms with van der Waals surface area (Å²) in [5.41, 5.74) is 4.40. The topological polar surface area (TPSA) is 36.9 Å². The van der Waals surface area contributed by atoms with Crippen molar-refractivity contribution in [1.82, 2.24) is 0 Å². The van der Waals surface area contributed by atoms with E-state index in [2.05, 4.69) is 226 Å². The van der Waals surface area contributed by atoms with Crippen LogP contribution in [0.3, 0.4) is 0 Å². The zero-order chi connectivity index (χ0) is 58.3. The predicted octanol–water partition coefficient (Wildman–Crippen LogP) is 9.79. The average Bonchev–Trinajstić information content (AvgIpc) is 3.29. The van der Waals surface area contributed by atoms with Crippen LogP contribution < -0.4 is 18.9 Å². The summed E-state index contributed by atoms with van der Waals surface area (Å²) in [6.45, 7) is 16.4. The van der Waals surface area contributed by atoms with Crippen molar-refractivity contribution in [3.8, 4) is 23.0 Å². The lowest BCUT2D eigenvalue weighted by Crippen LogP contribution is -2.44. The van der Waals surface area contributed by atoms with Gasteiger partial charge in [-0.05, 0) is 46.5 Å². The number of hydrogen-bond donors (Lipinski definition) is 0. The molecule has 0 spiro atoms. The van der Waals surface area contributed by atoms with Gasteiger partial charge in [-0.1, -0.05) is 48.6 Å². The van der Waals surface area contributed by atoms with Crippen molar-refractivity contribution in [1.29, 1.82) is 0 Å². The number of rotatable bonds is 40. The normalized spacial score (nSPS) is 13.5. The smallest absolute Gasteiger partial charge is 0.123 e. The van der Waals surface area contributed by atoms with Crippen LogP contribution in [0.15, 0.2) is 60.7 Å². The van der Waals surface area contributed by atoms with E-state index in [1.807, 2.05) is 0 Å². The SMILES string of the molecule is C[N+](C)(C)CCC[N+](C)(C)CCCOc1cc(/C=C/c2ccc(/C=C/c3cc(OCCC[N+](C)(C)CCC[N+](C)(C)C)cc(OCCC[N+](C)(C)CCC[N+](C)(C)C)c3)cc2)cc(OCCC[N+](C)(C)CCC[N+](C)(C)C)c1. The third kappa shape index (κ3) is 33.6. The Bertz CT molecular complexity index is 1950. The van der Waals surface area contributed by atoms with Crippen molar-refractivity contribution in [2.24, 2.45) is 0 Å². The van der Waals surface area contributed by atoms with Crippen LogP contribution in [0.1, 0.15) is 73.6 Å². The van der Waals surface area contributed by atoms with E-state index in [9.17, 15) is 0 Å². The molecule has 0 amide bonds. The zero-order valence-corrected chi connectivity index (χ0v) is 54.3. The molecular weight excluding hydrogens is 969 g/mol. The highest BCUT2D eigenvalue weighted by atomic mass is 16.5. The van der Waals surface area contributed by atoms with E-state index in [4.69, 9.17) is 18.9 Å². The van der Waals surface area contributed by atoms with Gasteiger partial charge in [-0.25, -0.2) is 0 Å². The minimum atomic E-state index is 0.675. The molecule has 0 saturated heterocycles. The Hall–Kier alpha value is -3.98. The van der Waals surface area contributed by atoms with Gasteiger partial charge in [0.25, 0.3) is 0 Å².